The number of anilines is 1. The van der Waals surface area contributed by atoms with Crippen molar-refractivity contribution in [2.45, 2.75) is 53.0 Å². The first-order chi connectivity index (χ1) is 8.72. The van der Waals surface area contributed by atoms with Gasteiger partial charge in [-0.1, -0.05) is 26.7 Å². The summed E-state index contributed by atoms with van der Waals surface area (Å²) >= 11 is 0. The van der Waals surface area contributed by atoms with Gasteiger partial charge in [-0.25, -0.2) is 9.97 Å². The number of aromatic nitrogens is 2. The van der Waals surface area contributed by atoms with E-state index >= 15 is 0 Å². The van der Waals surface area contributed by atoms with Crippen molar-refractivity contribution in [3.8, 4) is 0 Å². The van der Waals surface area contributed by atoms with Crippen molar-refractivity contribution in [3.63, 3.8) is 0 Å². The van der Waals surface area contributed by atoms with Crippen LogP contribution in [0.25, 0.3) is 0 Å². The van der Waals surface area contributed by atoms with E-state index in [4.69, 9.17) is 5.73 Å². The number of aryl methyl sites for hydroxylation is 1. The zero-order valence-electron chi connectivity index (χ0n) is 11.9. The zero-order valence-corrected chi connectivity index (χ0v) is 11.9. The second kappa shape index (κ2) is 8.03. The summed E-state index contributed by atoms with van der Waals surface area (Å²) in [5, 5.41) is 0. The quantitative estimate of drug-likeness (QED) is 0.770. The van der Waals surface area contributed by atoms with Gasteiger partial charge in [0.15, 0.2) is 0 Å². The zero-order chi connectivity index (χ0) is 13.4. The topological polar surface area (TPSA) is 55.0 Å². The predicted octanol–water partition coefficient (Wildman–Crippen LogP) is 2.65. The molecule has 0 aliphatic rings. The molecule has 1 heterocycles. The van der Waals surface area contributed by atoms with Gasteiger partial charge in [-0.2, -0.15) is 0 Å². The van der Waals surface area contributed by atoms with Gasteiger partial charge in [0.1, 0.15) is 0 Å². The lowest BCUT2D eigenvalue weighted by Gasteiger charge is -2.22. The Kier molecular flexibility index (Phi) is 6.65. The fraction of sp³-hybridized carbons (Fsp3) is 0.714. The molecule has 1 aromatic rings. The van der Waals surface area contributed by atoms with Crippen LogP contribution in [-0.4, -0.2) is 23.1 Å². The Morgan fingerprint density at radius 1 is 1.17 bits per heavy atom. The number of rotatable bonds is 8. The SMILES string of the molecule is CCCCN(CCCC)c1ncc(CN)c(C)n1. The monoisotopic (exact) mass is 250 g/mol. The second-order valence-corrected chi connectivity index (χ2v) is 4.68. The summed E-state index contributed by atoms with van der Waals surface area (Å²) in [6.07, 6.45) is 6.63. The van der Waals surface area contributed by atoms with Gasteiger partial charge in [0.2, 0.25) is 5.95 Å². The molecule has 4 heteroatoms. The van der Waals surface area contributed by atoms with Gasteiger partial charge in [-0.3, -0.25) is 0 Å². The van der Waals surface area contributed by atoms with Crippen molar-refractivity contribution in [3.05, 3.63) is 17.5 Å². The molecule has 0 spiro atoms. The molecule has 0 radical (unpaired) electrons. The van der Waals surface area contributed by atoms with Crippen LogP contribution >= 0.6 is 0 Å². The molecule has 1 aromatic heterocycles. The van der Waals surface area contributed by atoms with Crippen LogP contribution in [0.4, 0.5) is 5.95 Å². The second-order valence-electron chi connectivity index (χ2n) is 4.68. The lowest BCUT2D eigenvalue weighted by Crippen LogP contribution is -2.28. The molecule has 0 aliphatic heterocycles. The molecule has 2 N–H and O–H groups in total. The normalized spacial score (nSPS) is 10.7. The molecule has 0 aromatic carbocycles. The maximum Gasteiger partial charge on any atom is 0.225 e. The van der Waals surface area contributed by atoms with Gasteiger partial charge in [0, 0.05) is 37.1 Å². The van der Waals surface area contributed by atoms with E-state index in [9.17, 15) is 0 Å². The van der Waals surface area contributed by atoms with E-state index in [0.29, 0.717) is 6.54 Å². The smallest absolute Gasteiger partial charge is 0.225 e. The highest BCUT2D eigenvalue weighted by atomic mass is 15.2. The summed E-state index contributed by atoms with van der Waals surface area (Å²) in [6.45, 7) is 9.01. The van der Waals surface area contributed by atoms with Crippen LogP contribution in [0.15, 0.2) is 6.20 Å². The molecule has 0 atom stereocenters. The van der Waals surface area contributed by atoms with Crippen LogP contribution < -0.4 is 10.6 Å². The van der Waals surface area contributed by atoms with Gasteiger partial charge >= 0.3 is 0 Å². The fourth-order valence-corrected chi connectivity index (χ4v) is 1.84. The van der Waals surface area contributed by atoms with Gasteiger partial charge < -0.3 is 10.6 Å². The van der Waals surface area contributed by atoms with E-state index in [0.717, 1.165) is 30.3 Å². The number of nitrogens with two attached hydrogens (primary N) is 1. The van der Waals surface area contributed by atoms with E-state index in [1.165, 1.54) is 25.7 Å². The molecular formula is C14H26N4. The van der Waals surface area contributed by atoms with Crippen molar-refractivity contribution >= 4 is 5.95 Å². The van der Waals surface area contributed by atoms with Gasteiger partial charge in [-0.05, 0) is 19.8 Å². The Morgan fingerprint density at radius 3 is 2.22 bits per heavy atom. The summed E-state index contributed by atoms with van der Waals surface area (Å²) in [6, 6.07) is 0. The van der Waals surface area contributed by atoms with Crippen LogP contribution in [0.2, 0.25) is 0 Å². The average Bonchev–Trinajstić information content (AvgIpc) is 2.39. The van der Waals surface area contributed by atoms with Crippen molar-refractivity contribution in [2.75, 3.05) is 18.0 Å². The van der Waals surface area contributed by atoms with Crippen LogP contribution in [0, 0.1) is 6.92 Å². The van der Waals surface area contributed by atoms with Crippen molar-refractivity contribution in [1.29, 1.82) is 0 Å². The Balaban J connectivity index is 2.79. The van der Waals surface area contributed by atoms with Crippen molar-refractivity contribution in [2.24, 2.45) is 5.73 Å². The molecule has 0 aliphatic carbocycles. The highest BCUT2D eigenvalue weighted by Crippen LogP contribution is 2.12. The number of hydrogen-bond acceptors (Lipinski definition) is 4. The maximum atomic E-state index is 5.64. The summed E-state index contributed by atoms with van der Waals surface area (Å²) in [5.41, 5.74) is 7.68. The summed E-state index contributed by atoms with van der Waals surface area (Å²) in [5.74, 6) is 0.853. The summed E-state index contributed by atoms with van der Waals surface area (Å²) in [7, 11) is 0. The lowest BCUT2D eigenvalue weighted by atomic mass is 10.2. The minimum absolute atomic E-state index is 0.510. The Labute approximate surface area is 111 Å². The van der Waals surface area contributed by atoms with Gasteiger partial charge in [-0.15, -0.1) is 0 Å². The predicted molar refractivity (Wildman–Crippen MR) is 76.7 cm³/mol. The third-order valence-electron chi connectivity index (χ3n) is 3.13. The first kappa shape index (κ1) is 14.9. The molecule has 0 saturated carbocycles. The molecule has 4 nitrogen and oxygen atoms in total. The van der Waals surface area contributed by atoms with Crippen LogP contribution in [0.3, 0.4) is 0 Å². The molecule has 0 bridgehead atoms. The molecule has 0 unspecified atom stereocenters. The maximum absolute atomic E-state index is 5.64. The average molecular weight is 250 g/mol. The van der Waals surface area contributed by atoms with E-state index in [1.807, 2.05) is 13.1 Å². The molecular weight excluding hydrogens is 224 g/mol. The van der Waals surface area contributed by atoms with E-state index in [-0.39, 0.29) is 0 Å². The van der Waals surface area contributed by atoms with Gasteiger partial charge in [0.05, 0.1) is 0 Å². The van der Waals surface area contributed by atoms with Crippen molar-refractivity contribution < 1.29 is 0 Å². The first-order valence-electron chi connectivity index (χ1n) is 7.00. The van der Waals surface area contributed by atoms with Crippen LogP contribution in [0.1, 0.15) is 50.8 Å². The first-order valence-corrected chi connectivity index (χ1v) is 7.00. The Hall–Kier alpha value is -1.16. The third kappa shape index (κ3) is 4.26. The molecule has 0 fully saturated rings. The Morgan fingerprint density at radius 2 is 1.78 bits per heavy atom. The highest BCUT2D eigenvalue weighted by Gasteiger charge is 2.10. The van der Waals surface area contributed by atoms with Crippen molar-refractivity contribution in [1.82, 2.24) is 9.97 Å². The van der Waals surface area contributed by atoms with Crippen LogP contribution in [-0.2, 0) is 6.54 Å². The third-order valence-corrected chi connectivity index (χ3v) is 3.13. The largest absolute Gasteiger partial charge is 0.341 e. The van der Waals surface area contributed by atoms with E-state index in [2.05, 4.69) is 28.7 Å². The van der Waals surface area contributed by atoms with E-state index in [1.54, 1.807) is 0 Å². The minimum Gasteiger partial charge on any atom is -0.341 e. The number of unbranched alkanes of at least 4 members (excludes halogenated alkanes) is 2. The summed E-state index contributed by atoms with van der Waals surface area (Å²) in [4.78, 5) is 11.3. The molecule has 18 heavy (non-hydrogen) atoms. The molecule has 0 saturated heterocycles. The number of nitrogens with zero attached hydrogens (tertiary/aromatic N) is 3. The fourth-order valence-electron chi connectivity index (χ4n) is 1.84. The summed E-state index contributed by atoms with van der Waals surface area (Å²) < 4.78 is 0. The van der Waals surface area contributed by atoms with Crippen LogP contribution in [0.5, 0.6) is 0 Å². The molecule has 102 valence electrons. The standard InChI is InChI=1S/C14H26N4/c1-4-6-8-18(9-7-5-2)14-16-11-13(10-15)12(3)17-14/h11H,4-10,15H2,1-3H3. The van der Waals surface area contributed by atoms with E-state index < -0.39 is 0 Å². The highest BCUT2D eigenvalue weighted by molar-refractivity contribution is 5.32. The Bertz CT molecular complexity index is 344. The molecule has 0 amide bonds. The minimum atomic E-state index is 0.510. The van der Waals surface area contributed by atoms with Gasteiger partial charge in [0.25, 0.3) is 0 Å². The molecule has 1 rings (SSSR count). The number of hydrogen-bond donors (Lipinski definition) is 1. The lowest BCUT2D eigenvalue weighted by molar-refractivity contribution is 0.661.